The molecule has 0 saturated heterocycles. The quantitative estimate of drug-likeness (QED) is 0.663. The molecule has 1 heterocycles. The van der Waals surface area contributed by atoms with Crippen LogP contribution in [-0.4, -0.2) is 10.9 Å². The van der Waals surface area contributed by atoms with Gasteiger partial charge in [0.1, 0.15) is 18.6 Å². The molecule has 21 heavy (non-hydrogen) atoms. The van der Waals surface area contributed by atoms with Crippen LogP contribution in [0.15, 0.2) is 73.1 Å². The van der Waals surface area contributed by atoms with Gasteiger partial charge in [0.25, 0.3) is 0 Å². The summed E-state index contributed by atoms with van der Waals surface area (Å²) in [5, 5.41) is 0. The summed E-state index contributed by atoms with van der Waals surface area (Å²) in [7, 11) is 0. The second-order valence-electron chi connectivity index (χ2n) is 4.73. The summed E-state index contributed by atoms with van der Waals surface area (Å²) >= 11 is 0. The molecule has 1 aromatic heterocycles. The molecule has 0 aliphatic carbocycles. The standard InChI is InChI=1S/C18H15NO2/c20-13-15-5-9-18(10-6-15)21-14-16-3-7-17(8-4-16)19-11-1-2-12-19/h1-13H,14H2. The molecule has 3 aromatic rings. The fraction of sp³-hybridized carbons (Fsp3) is 0.0556. The molecule has 0 aliphatic rings. The Morgan fingerprint density at radius 2 is 1.57 bits per heavy atom. The van der Waals surface area contributed by atoms with Crippen LogP contribution in [0.2, 0.25) is 0 Å². The van der Waals surface area contributed by atoms with Crippen molar-refractivity contribution in [3.8, 4) is 11.4 Å². The highest BCUT2D eigenvalue weighted by Crippen LogP contribution is 2.15. The molecule has 0 spiro atoms. The minimum absolute atomic E-state index is 0.506. The third-order valence-corrected chi connectivity index (χ3v) is 3.26. The molecule has 0 radical (unpaired) electrons. The van der Waals surface area contributed by atoms with Crippen LogP contribution in [-0.2, 0) is 6.61 Å². The summed E-state index contributed by atoms with van der Waals surface area (Å²) in [6.07, 6.45) is 4.85. The zero-order valence-electron chi connectivity index (χ0n) is 11.5. The van der Waals surface area contributed by atoms with E-state index in [1.165, 1.54) is 0 Å². The first kappa shape index (κ1) is 13.2. The van der Waals surface area contributed by atoms with Gasteiger partial charge in [0.15, 0.2) is 0 Å². The van der Waals surface area contributed by atoms with E-state index in [1.54, 1.807) is 24.3 Å². The van der Waals surface area contributed by atoms with Crippen molar-refractivity contribution in [2.75, 3.05) is 0 Å². The van der Waals surface area contributed by atoms with Crippen LogP contribution in [0.3, 0.4) is 0 Å². The highest BCUT2D eigenvalue weighted by Gasteiger charge is 1.98. The van der Waals surface area contributed by atoms with Gasteiger partial charge in [-0.25, -0.2) is 0 Å². The summed E-state index contributed by atoms with van der Waals surface area (Å²) in [5.74, 6) is 0.759. The summed E-state index contributed by atoms with van der Waals surface area (Å²) in [6, 6.07) is 19.3. The Bertz CT molecular complexity index is 698. The molecule has 0 N–H and O–H groups in total. The first-order valence-corrected chi connectivity index (χ1v) is 6.75. The number of aldehydes is 1. The topological polar surface area (TPSA) is 31.2 Å². The second-order valence-corrected chi connectivity index (χ2v) is 4.73. The van der Waals surface area contributed by atoms with Gasteiger partial charge in [0.05, 0.1) is 0 Å². The van der Waals surface area contributed by atoms with Gasteiger partial charge in [0.2, 0.25) is 0 Å². The minimum Gasteiger partial charge on any atom is -0.489 e. The van der Waals surface area contributed by atoms with Gasteiger partial charge in [-0.3, -0.25) is 4.79 Å². The SMILES string of the molecule is O=Cc1ccc(OCc2ccc(-n3cccc3)cc2)cc1. The highest BCUT2D eigenvalue weighted by atomic mass is 16.5. The summed E-state index contributed by atoms with van der Waals surface area (Å²) < 4.78 is 7.76. The number of ether oxygens (including phenoxy) is 1. The monoisotopic (exact) mass is 277 g/mol. The number of carbonyl (C=O) groups is 1. The normalized spacial score (nSPS) is 10.3. The summed E-state index contributed by atoms with van der Waals surface area (Å²) in [4.78, 5) is 10.6. The van der Waals surface area contributed by atoms with Crippen molar-refractivity contribution < 1.29 is 9.53 Å². The Morgan fingerprint density at radius 3 is 2.19 bits per heavy atom. The lowest BCUT2D eigenvalue weighted by Crippen LogP contribution is -1.96. The Kier molecular flexibility index (Phi) is 3.83. The van der Waals surface area contributed by atoms with Gasteiger partial charge >= 0.3 is 0 Å². The van der Waals surface area contributed by atoms with Gasteiger partial charge in [-0.05, 0) is 54.1 Å². The van der Waals surface area contributed by atoms with E-state index in [9.17, 15) is 4.79 Å². The van der Waals surface area contributed by atoms with E-state index in [0.717, 1.165) is 23.3 Å². The van der Waals surface area contributed by atoms with Crippen molar-refractivity contribution in [3.63, 3.8) is 0 Å². The molecule has 0 fully saturated rings. The van der Waals surface area contributed by atoms with Crippen molar-refractivity contribution in [1.29, 1.82) is 0 Å². The van der Waals surface area contributed by atoms with Gasteiger partial charge in [-0.1, -0.05) is 12.1 Å². The predicted molar refractivity (Wildman–Crippen MR) is 81.9 cm³/mol. The Labute approximate surface area is 123 Å². The molecule has 3 rings (SSSR count). The number of aromatic nitrogens is 1. The lowest BCUT2D eigenvalue weighted by Gasteiger charge is -2.08. The van der Waals surface area contributed by atoms with Crippen LogP contribution in [0.25, 0.3) is 5.69 Å². The van der Waals surface area contributed by atoms with E-state index in [2.05, 4.69) is 28.8 Å². The molecule has 0 atom stereocenters. The van der Waals surface area contributed by atoms with E-state index in [1.807, 2.05) is 24.5 Å². The molecular weight excluding hydrogens is 262 g/mol. The van der Waals surface area contributed by atoms with Gasteiger partial charge in [-0.15, -0.1) is 0 Å². The Hall–Kier alpha value is -2.81. The van der Waals surface area contributed by atoms with Crippen molar-refractivity contribution >= 4 is 6.29 Å². The Morgan fingerprint density at radius 1 is 0.905 bits per heavy atom. The van der Waals surface area contributed by atoms with E-state index in [0.29, 0.717) is 12.2 Å². The number of nitrogens with zero attached hydrogens (tertiary/aromatic N) is 1. The first-order valence-electron chi connectivity index (χ1n) is 6.75. The number of rotatable bonds is 5. The lowest BCUT2D eigenvalue weighted by atomic mass is 10.2. The number of hydrogen-bond donors (Lipinski definition) is 0. The molecule has 104 valence electrons. The average molecular weight is 277 g/mol. The minimum atomic E-state index is 0.506. The van der Waals surface area contributed by atoms with Crippen molar-refractivity contribution in [1.82, 2.24) is 4.57 Å². The average Bonchev–Trinajstić information content (AvgIpc) is 3.08. The molecule has 3 nitrogen and oxygen atoms in total. The van der Waals surface area contributed by atoms with Crippen molar-refractivity contribution in [2.24, 2.45) is 0 Å². The van der Waals surface area contributed by atoms with E-state index < -0.39 is 0 Å². The maximum Gasteiger partial charge on any atom is 0.150 e. The fourth-order valence-electron chi connectivity index (χ4n) is 2.08. The largest absolute Gasteiger partial charge is 0.489 e. The lowest BCUT2D eigenvalue weighted by molar-refractivity contribution is 0.112. The number of carbonyl (C=O) groups excluding carboxylic acids is 1. The highest BCUT2D eigenvalue weighted by molar-refractivity contribution is 5.74. The first-order chi connectivity index (χ1) is 10.3. The number of hydrogen-bond acceptors (Lipinski definition) is 2. The van der Waals surface area contributed by atoms with Gasteiger partial charge in [0, 0.05) is 23.6 Å². The zero-order valence-corrected chi connectivity index (χ0v) is 11.5. The van der Waals surface area contributed by atoms with Crippen LogP contribution in [0, 0.1) is 0 Å². The third kappa shape index (κ3) is 3.20. The summed E-state index contributed by atoms with van der Waals surface area (Å²) in [5.41, 5.74) is 2.88. The fourth-order valence-corrected chi connectivity index (χ4v) is 2.08. The van der Waals surface area contributed by atoms with Crippen LogP contribution in [0.4, 0.5) is 0 Å². The third-order valence-electron chi connectivity index (χ3n) is 3.26. The predicted octanol–water partition coefficient (Wildman–Crippen LogP) is 3.87. The molecule has 0 aliphatic heterocycles. The molecule has 2 aromatic carbocycles. The van der Waals surface area contributed by atoms with Gasteiger partial charge < -0.3 is 9.30 Å². The summed E-state index contributed by atoms with van der Waals surface area (Å²) in [6.45, 7) is 0.506. The smallest absolute Gasteiger partial charge is 0.150 e. The van der Waals surface area contributed by atoms with Gasteiger partial charge in [-0.2, -0.15) is 0 Å². The zero-order chi connectivity index (χ0) is 14.5. The van der Waals surface area contributed by atoms with Crippen molar-refractivity contribution in [2.45, 2.75) is 6.61 Å². The van der Waals surface area contributed by atoms with Crippen LogP contribution < -0.4 is 4.74 Å². The second kappa shape index (κ2) is 6.09. The maximum atomic E-state index is 10.6. The van der Waals surface area contributed by atoms with Crippen molar-refractivity contribution in [3.05, 3.63) is 84.2 Å². The molecule has 0 unspecified atom stereocenters. The molecule has 0 amide bonds. The van der Waals surface area contributed by atoms with Crippen LogP contribution >= 0.6 is 0 Å². The van der Waals surface area contributed by atoms with E-state index in [4.69, 9.17) is 4.74 Å². The molecule has 3 heteroatoms. The van der Waals surface area contributed by atoms with E-state index >= 15 is 0 Å². The Balaban J connectivity index is 1.63. The maximum absolute atomic E-state index is 10.6. The van der Waals surface area contributed by atoms with Crippen LogP contribution in [0.1, 0.15) is 15.9 Å². The molecule has 0 bridgehead atoms. The molecule has 0 saturated carbocycles. The molecular formula is C18H15NO2. The number of benzene rings is 2. The van der Waals surface area contributed by atoms with Crippen LogP contribution in [0.5, 0.6) is 5.75 Å². The van der Waals surface area contributed by atoms with E-state index in [-0.39, 0.29) is 0 Å².